The summed E-state index contributed by atoms with van der Waals surface area (Å²) in [4.78, 5) is 2.36. The van der Waals surface area contributed by atoms with Crippen molar-refractivity contribution < 1.29 is 4.74 Å². The Balaban J connectivity index is 2.84. The highest BCUT2D eigenvalue weighted by Gasteiger charge is 2.41. The van der Waals surface area contributed by atoms with Gasteiger partial charge in [-0.25, -0.2) is 0 Å². The Morgan fingerprint density at radius 1 is 1.00 bits per heavy atom. The van der Waals surface area contributed by atoms with Crippen molar-refractivity contribution in [2.45, 2.75) is 52.9 Å². The van der Waals surface area contributed by atoms with Gasteiger partial charge in [-0.15, -0.1) is 0 Å². The van der Waals surface area contributed by atoms with Crippen LogP contribution in [0.4, 0.5) is 0 Å². The van der Waals surface area contributed by atoms with E-state index < -0.39 is 0 Å². The molecule has 1 fully saturated rings. The van der Waals surface area contributed by atoms with Crippen LogP contribution in [0.5, 0.6) is 0 Å². The molecule has 0 aliphatic carbocycles. The number of hydrogen-bond donors (Lipinski definition) is 0. The topological polar surface area (TPSA) is 12.5 Å². The van der Waals surface area contributed by atoms with Crippen molar-refractivity contribution in [2.75, 3.05) is 14.1 Å². The van der Waals surface area contributed by atoms with Crippen LogP contribution < -0.4 is 0 Å². The van der Waals surface area contributed by atoms with Gasteiger partial charge >= 0.3 is 0 Å². The van der Waals surface area contributed by atoms with E-state index in [4.69, 9.17) is 4.74 Å². The summed E-state index contributed by atoms with van der Waals surface area (Å²) in [5.74, 6) is 1.84. The predicted octanol–water partition coefficient (Wildman–Crippen LogP) is 2.63. The van der Waals surface area contributed by atoms with Gasteiger partial charge in [0, 0.05) is 6.04 Å². The van der Waals surface area contributed by atoms with Gasteiger partial charge in [-0.2, -0.15) is 0 Å². The molecule has 1 aliphatic heterocycles. The van der Waals surface area contributed by atoms with Crippen LogP contribution in [0.3, 0.4) is 0 Å². The molecule has 5 atom stereocenters. The maximum Gasteiger partial charge on any atom is 0.0642 e. The van der Waals surface area contributed by atoms with Crippen molar-refractivity contribution >= 4 is 0 Å². The predicted molar refractivity (Wildman–Crippen MR) is 65.0 cm³/mol. The minimum atomic E-state index is 0.376. The summed E-state index contributed by atoms with van der Waals surface area (Å²) in [5, 5.41) is 0. The first-order chi connectivity index (χ1) is 6.86. The second-order valence-electron chi connectivity index (χ2n) is 5.72. The van der Waals surface area contributed by atoms with E-state index in [9.17, 15) is 0 Å². The van der Waals surface area contributed by atoms with E-state index in [1.807, 2.05) is 0 Å². The number of rotatable bonds is 2. The molecule has 0 aromatic heterocycles. The van der Waals surface area contributed by atoms with E-state index in [-0.39, 0.29) is 0 Å². The molecule has 2 heteroatoms. The van der Waals surface area contributed by atoms with Crippen molar-refractivity contribution in [3.8, 4) is 0 Å². The van der Waals surface area contributed by atoms with Gasteiger partial charge in [-0.05, 0) is 38.8 Å². The quantitative estimate of drug-likeness (QED) is 0.699. The molecule has 0 amide bonds. The van der Waals surface area contributed by atoms with Crippen molar-refractivity contribution in [3.63, 3.8) is 0 Å². The van der Waals surface area contributed by atoms with Crippen LogP contribution in [-0.2, 0) is 4.74 Å². The second kappa shape index (κ2) is 4.84. The maximum atomic E-state index is 6.13. The van der Waals surface area contributed by atoms with Crippen molar-refractivity contribution in [1.29, 1.82) is 0 Å². The van der Waals surface area contributed by atoms with Crippen LogP contribution in [0, 0.1) is 17.8 Å². The molecule has 0 radical (unpaired) electrons. The van der Waals surface area contributed by atoms with E-state index in [1.54, 1.807) is 0 Å². The average Bonchev–Trinajstić information content (AvgIpc) is 2.10. The highest BCUT2D eigenvalue weighted by Crippen LogP contribution is 2.35. The van der Waals surface area contributed by atoms with Crippen LogP contribution in [0.2, 0.25) is 0 Å². The normalized spacial score (nSPS) is 42.6. The van der Waals surface area contributed by atoms with Crippen LogP contribution in [0.15, 0.2) is 0 Å². The van der Waals surface area contributed by atoms with Crippen molar-refractivity contribution in [1.82, 2.24) is 4.90 Å². The number of hydrogen-bond acceptors (Lipinski definition) is 2. The maximum absolute atomic E-state index is 6.13. The average molecular weight is 213 g/mol. The van der Waals surface area contributed by atoms with Gasteiger partial charge < -0.3 is 9.64 Å². The molecule has 0 aromatic rings. The van der Waals surface area contributed by atoms with Crippen molar-refractivity contribution in [2.24, 2.45) is 17.8 Å². The highest BCUT2D eigenvalue weighted by molar-refractivity contribution is 4.91. The van der Waals surface area contributed by atoms with Crippen LogP contribution >= 0.6 is 0 Å². The fourth-order valence-corrected chi connectivity index (χ4v) is 3.15. The van der Waals surface area contributed by atoms with E-state index in [0.717, 1.165) is 0 Å². The zero-order chi connectivity index (χ0) is 11.7. The lowest BCUT2D eigenvalue weighted by Crippen LogP contribution is -2.55. The van der Waals surface area contributed by atoms with Gasteiger partial charge in [-0.3, -0.25) is 0 Å². The lowest BCUT2D eigenvalue weighted by molar-refractivity contribution is -0.148. The van der Waals surface area contributed by atoms with E-state index in [1.165, 1.54) is 0 Å². The summed E-state index contributed by atoms with van der Waals surface area (Å²) in [6.07, 6.45) is 0.782. The van der Waals surface area contributed by atoms with Gasteiger partial charge in [0.05, 0.1) is 12.2 Å². The first kappa shape index (κ1) is 13.0. The molecule has 5 unspecified atom stereocenters. The van der Waals surface area contributed by atoms with Crippen LogP contribution in [0.1, 0.15) is 34.6 Å². The third kappa shape index (κ3) is 2.54. The second-order valence-corrected chi connectivity index (χ2v) is 5.72. The molecule has 0 saturated carbocycles. The first-order valence-corrected chi connectivity index (χ1v) is 6.18. The third-order valence-electron chi connectivity index (χ3n) is 3.96. The Kier molecular flexibility index (Phi) is 4.19. The summed E-state index contributed by atoms with van der Waals surface area (Å²) in [5.41, 5.74) is 0. The minimum Gasteiger partial charge on any atom is -0.374 e. The Morgan fingerprint density at radius 2 is 1.53 bits per heavy atom. The van der Waals surface area contributed by atoms with Gasteiger partial charge in [0.15, 0.2) is 0 Å². The van der Waals surface area contributed by atoms with Gasteiger partial charge in [0.1, 0.15) is 0 Å². The van der Waals surface area contributed by atoms with Crippen LogP contribution in [0.25, 0.3) is 0 Å². The summed E-state index contributed by atoms with van der Waals surface area (Å²) in [6.45, 7) is 11.4. The van der Waals surface area contributed by atoms with E-state index >= 15 is 0 Å². The molecular weight excluding hydrogens is 186 g/mol. The Labute approximate surface area is 95.0 Å². The highest BCUT2D eigenvalue weighted by atomic mass is 16.5. The molecule has 15 heavy (non-hydrogen) atoms. The summed E-state index contributed by atoms with van der Waals surface area (Å²) >= 11 is 0. The smallest absolute Gasteiger partial charge is 0.0642 e. The molecule has 1 saturated heterocycles. The molecule has 0 N–H and O–H groups in total. The van der Waals surface area contributed by atoms with E-state index in [0.29, 0.717) is 36.0 Å². The Morgan fingerprint density at radius 3 is 1.93 bits per heavy atom. The number of nitrogens with zero attached hydrogens (tertiary/aromatic N) is 1. The third-order valence-corrected chi connectivity index (χ3v) is 3.96. The summed E-state index contributed by atoms with van der Waals surface area (Å²) < 4.78 is 6.13. The molecule has 1 aliphatic rings. The molecule has 1 rings (SSSR count). The standard InChI is InChI=1S/C13H27NO/c1-8(2)13-10(4)12(14(6)7)9(3)11(5)15-13/h8-13H,1-7H3. The monoisotopic (exact) mass is 213 g/mol. The summed E-state index contributed by atoms with van der Waals surface area (Å²) in [7, 11) is 4.38. The van der Waals surface area contributed by atoms with Gasteiger partial charge in [0.2, 0.25) is 0 Å². The molecule has 2 nitrogen and oxygen atoms in total. The molecular formula is C13H27NO. The largest absolute Gasteiger partial charge is 0.374 e. The molecule has 0 spiro atoms. The lowest BCUT2D eigenvalue weighted by atomic mass is 9.77. The van der Waals surface area contributed by atoms with Gasteiger partial charge in [-0.1, -0.05) is 27.7 Å². The molecule has 90 valence electrons. The lowest BCUT2D eigenvalue weighted by Gasteiger charge is -2.48. The zero-order valence-corrected chi connectivity index (χ0v) is 11.3. The minimum absolute atomic E-state index is 0.376. The Bertz CT molecular complexity index is 203. The first-order valence-electron chi connectivity index (χ1n) is 6.18. The van der Waals surface area contributed by atoms with Crippen molar-refractivity contribution in [3.05, 3.63) is 0 Å². The Hall–Kier alpha value is -0.0800. The van der Waals surface area contributed by atoms with E-state index in [2.05, 4.69) is 53.6 Å². The number of ether oxygens (including phenoxy) is 1. The summed E-state index contributed by atoms with van der Waals surface area (Å²) in [6, 6.07) is 0.640. The molecule has 0 aromatic carbocycles. The fourth-order valence-electron chi connectivity index (χ4n) is 3.15. The van der Waals surface area contributed by atoms with Crippen LogP contribution in [-0.4, -0.2) is 37.2 Å². The SMILES string of the molecule is CC(C)C1OC(C)C(C)C(N(C)C)C1C. The van der Waals surface area contributed by atoms with Gasteiger partial charge in [0.25, 0.3) is 0 Å². The fraction of sp³-hybridized carbons (Fsp3) is 1.00. The molecule has 0 bridgehead atoms. The molecule has 1 heterocycles. The zero-order valence-electron chi connectivity index (χ0n) is 11.3.